The van der Waals surface area contributed by atoms with Gasteiger partial charge in [-0.3, -0.25) is 14.4 Å². The van der Waals surface area contributed by atoms with Crippen LogP contribution in [0.5, 0.6) is 0 Å². The van der Waals surface area contributed by atoms with Crippen molar-refractivity contribution < 1.29 is 32.3 Å². The fraction of sp³-hybridized carbons (Fsp3) is 0.760. The van der Waals surface area contributed by atoms with Crippen LogP contribution in [0.2, 0.25) is 0 Å². The molecule has 1 saturated carbocycles. The first kappa shape index (κ1) is 29.9. The van der Waals surface area contributed by atoms with E-state index in [0.717, 1.165) is 19.3 Å². The second-order valence-corrected chi connectivity index (χ2v) is 12.7. The summed E-state index contributed by atoms with van der Waals surface area (Å²) >= 11 is 0. The summed E-state index contributed by atoms with van der Waals surface area (Å²) in [4.78, 5) is 54.1. The van der Waals surface area contributed by atoms with E-state index in [4.69, 9.17) is 4.74 Å². The number of alkyl carbamates (subject to hydrolysis) is 1. The normalized spacial score (nSPS) is 29.6. The zero-order valence-electron chi connectivity index (χ0n) is 22.7. The van der Waals surface area contributed by atoms with Crippen molar-refractivity contribution in [3.8, 4) is 0 Å². The van der Waals surface area contributed by atoms with E-state index in [9.17, 15) is 27.6 Å². The van der Waals surface area contributed by atoms with Crippen LogP contribution >= 0.6 is 0 Å². The maximum Gasteiger partial charge on any atom is 0.408 e. The van der Waals surface area contributed by atoms with Crippen LogP contribution in [-0.2, 0) is 29.3 Å². The molecule has 13 heteroatoms. The Kier molecular flexibility index (Phi) is 9.45. The Morgan fingerprint density at radius 3 is 2.58 bits per heavy atom. The lowest BCUT2D eigenvalue weighted by molar-refractivity contribution is -0.141. The summed E-state index contributed by atoms with van der Waals surface area (Å²) in [5.74, 6) is -2.07. The molecule has 0 bridgehead atoms. The molecule has 1 unspecified atom stereocenters. The molecule has 3 rings (SSSR count). The van der Waals surface area contributed by atoms with Crippen molar-refractivity contribution in [1.82, 2.24) is 25.0 Å². The summed E-state index contributed by atoms with van der Waals surface area (Å²) in [6.45, 7) is 7.23. The van der Waals surface area contributed by atoms with Gasteiger partial charge in [-0.05, 0) is 59.3 Å². The number of hydrogen-bond acceptors (Lipinski definition) is 7. The summed E-state index contributed by atoms with van der Waals surface area (Å²) < 4.78 is 34.0. The summed E-state index contributed by atoms with van der Waals surface area (Å²) in [6.07, 6.45) is 7.81. The Balaban J connectivity index is 1.83. The maximum atomic E-state index is 13.6. The third kappa shape index (κ3) is 7.68. The van der Waals surface area contributed by atoms with Gasteiger partial charge in [0.1, 0.15) is 23.2 Å². The van der Waals surface area contributed by atoms with E-state index in [1.165, 1.54) is 4.90 Å². The number of carbonyl (C=O) groups is 4. The van der Waals surface area contributed by atoms with E-state index in [1.54, 1.807) is 27.7 Å². The van der Waals surface area contributed by atoms with Crippen LogP contribution in [0.4, 0.5) is 4.79 Å². The molecule has 0 aromatic rings. The zero-order valence-corrected chi connectivity index (χ0v) is 23.5. The molecule has 2 aliphatic heterocycles. The van der Waals surface area contributed by atoms with Crippen molar-refractivity contribution in [2.24, 2.45) is 5.92 Å². The average Bonchev–Trinajstić information content (AvgIpc) is 3.26. The highest BCUT2D eigenvalue weighted by atomic mass is 32.2. The molecular weight excluding hydrogens is 514 g/mol. The average molecular weight is 556 g/mol. The minimum atomic E-state index is -4.07. The smallest absolute Gasteiger partial charge is 0.408 e. The van der Waals surface area contributed by atoms with E-state index in [1.807, 2.05) is 16.9 Å². The summed E-state index contributed by atoms with van der Waals surface area (Å²) in [5.41, 5.74) is -2.15. The quantitative estimate of drug-likeness (QED) is 0.371. The van der Waals surface area contributed by atoms with Gasteiger partial charge in [0.25, 0.3) is 5.91 Å². The van der Waals surface area contributed by atoms with Crippen molar-refractivity contribution in [3.05, 3.63) is 12.2 Å². The second kappa shape index (κ2) is 12.0. The first-order valence-electron chi connectivity index (χ1n) is 13.4. The molecule has 1 saturated heterocycles. The highest BCUT2D eigenvalue weighted by molar-refractivity contribution is 7.88. The topological polar surface area (TPSA) is 163 Å². The summed E-state index contributed by atoms with van der Waals surface area (Å²) in [6, 6.07) is -1.69. The van der Waals surface area contributed by atoms with E-state index in [2.05, 4.69) is 15.4 Å². The number of ether oxygens (including phenoxy) is 1. The van der Waals surface area contributed by atoms with Crippen LogP contribution < -0.4 is 20.1 Å². The van der Waals surface area contributed by atoms with Gasteiger partial charge in [-0.15, -0.1) is 0 Å². The molecule has 2 fully saturated rings. The van der Waals surface area contributed by atoms with Crippen molar-refractivity contribution in [2.45, 2.75) is 102 Å². The predicted octanol–water partition coefficient (Wildman–Crippen LogP) is 1.24. The SMILES string of the molecule is CCNS(=O)(=O)NC(=O)[C@@]12C[C@@H]1/C=C\CCCCCC(NC(=O)OC(C)(C)C)C(=O)N1CCC[C@H]1C(=O)N2. The predicted molar refractivity (Wildman–Crippen MR) is 140 cm³/mol. The Hall–Kier alpha value is -2.67. The molecule has 0 radical (unpaired) electrons. The fourth-order valence-corrected chi connectivity index (χ4v) is 5.86. The maximum absolute atomic E-state index is 13.6. The van der Waals surface area contributed by atoms with Crippen molar-refractivity contribution in [3.63, 3.8) is 0 Å². The molecule has 3 aliphatic rings. The Morgan fingerprint density at radius 2 is 1.89 bits per heavy atom. The third-order valence-corrected chi connectivity index (χ3v) is 8.01. The molecule has 1 aliphatic carbocycles. The van der Waals surface area contributed by atoms with Gasteiger partial charge in [0.2, 0.25) is 11.8 Å². The van der Waals surface area contributed by atoms with Gasteiger partial charge >= 0.3 is 16.3 Å². The number of nitrogens with one attached hydrogen (secondary N) is 4. The van der Waals surface area contributed by atoms with Gasteiger partial charge in [-0.1, -0.05) is 31.9 Å². The molecular formula is C25H41N5O7S. The van der Waals surface area contributed by atoms with E-state index >= 15 is 0 Å². The Labute approximate surface area is 224 Å². The van der Waals surface area contributed by atoms with Crippen molar-refractivity contribution >= 4 is 34.0 Å². The lowest BCUT2D eigenvalue weighted by atomic mass is 10.0. The number of rotatable bonds is 5. The number of fused-ring (bicyclic) bond motifs is 2. The second-order valence-electron chi connectivity index (χ2n) is 11.2. The van der Waals surface area contributed by atoms with Crippen LogP contribution in [0, 0.1) is 5.92 Å². The summed E-state index contributed by atoms with van der Waals surface area (Å²) in [7, 11) is -4.07. The van der Waals surface area contributed by atoms with Gasteiger partial charge < -0.3 is 20.3 Å². The molecule has 214 valence electrons. The Bertz CT molecular complexity index is 1050. The number of amides is 4. The number of carbonyl (C=O) groups excluding carboxylic acids is 4. The lowest BCUT2D eigenvalue weighted by Crippen LogP contribution is -2.59. The monoisotopic (exact) mass is 555 g/mol. The molecule has 4 amide bonds. The minimum Gasteiger partial charge on any atom is -0.444 e. The zero-order chi connectivity index (χ0) is 28.1. The molecule has 0 spiro atoms. The third-order valence-electron chi connectivity index (χ3n) is 6.89. The van der Waals surface area contributed by atoms with E-state index in [0.29, 0.717) is 32.2 Å². The van der Waals surface area contributed by atoms with Crippen molar-refractivity contribution in [1.29, 1.82) is 0 Å². The Morgan fingerprint density at radius 1 is 1.16 bits per heavy atom. The number of nitrogens with zero attached hydrogens (tertiary/aromatic N) is 1. The van der Waals surface area contributed by atoms with Crippen LogP contribution in [0.25, 0.3) is 0 Å². The van der Waals surface area contributed by atoms with Crippen LogP contribution in [0.3, 0.4) is 0 Å². The molecule has 12 nitrogen and oxygen atoms in total. The molecule has 4 atom stereocenters. The van der Waals surface area contributed by atoms with Gasteiger partial charge in [-0.25, -0.2) is 9.52 Å². The minimum absolute atomic E-state index is 0.100. The van der Waals surface area contributed by atoms with Crippen molar-refractivity contribution in [2.75, 3.05) is 13.1 Å². The van der Waals surface area contributed by atoms with Gasteiger partial charge in [-0.2, -0.15) is 13.1 Å². The lowest BCUT2D eigenvalue weighted by Gasteiger charge is -2.30. The molecule has 0 aromatic heterocycles. The molecule has 2 heterocycles. The number of allylic oxidation sites excluding steroid dienone is 1. The molecule has 4 N–H and O–H groups in total. The van der Waals surface area contributed by atoms with Crippen LogP contribution in [-0.4, -0.2) is 73.4 Å². The fourth-order valence-electron chi connectivity index (χ4n) is 4.98. The van der Waals surface area contributed by atoms with Crippen LogP contribution in [0.15, 0.2) is 12.2 Å². The standard InChI is InChI=1S/C25H41N5O7S/c1-5-26-38(35,36)29-22(33)25-16-17(25)12-9-7-6-8-10-13-18(27-23(34)37-24(2,3)4)21(32)30-15-11-14-19(30)20(31)28-25/h9,12,17-19,26H,5-8,10-11,13-16H2,1-4H3,(H,27,34)(H,28,31)(H,29,33)/b12-9-/t17-,18?,19-,25+/m0/s1. The highest BCUT2D eigenvalue weighted by Crippen LogP contribution is 2.45. The summed E-state index contributed by atoms with van der Waals surface area (Å²) in [5, 5.41) is 5.47. The largest absolute Gasteiger partial charge is 0.444 e. The molecule has 38 heavy (non-hydrogen) atoms. The van der Waals surface area contributed by atoms with Crippen LogP contribution in [0.1, 0.15) is 79.1 Å². The van der Waals surface area contributed by atoms with E-state index in [-0.39, 0.29) is 24.8 Å². The van der Waals surface area contributed by atoms with Gasteiger partial charge in [0.05, 0.1) is 0 Å². The molecule has 0 aromatic carbocycles. The highest BCUT2D eigenvalue weighted by Gasteiger charge is 2.61. The van der Waals surface area contributed by atoms with Gasteiger partial charge in [0, 0.05) is 19.0 Å². The first-order chi connectivity index (χ1) is 17.8. The van der Waals surface area contributed by atoms with Gasteiger partial charge in [0.15, 0.2) is 0 Å². The first-order valence-corrected chi connectivity index (χ1v) is 14.9. The van der Waals surface area contributed by atoms with E-state index < -0.39 is 51.3 Å². The number of hydrogen-bond donors (Lipinski definition) is 4.